The molecule has 1 atom stereocenters. The summed E-state index contributed by atoms with van der Waals surface area (Å²) in [6, 6.07) is 10.9. The molecule has 0 aliphatic carbocycles. The smallest absolute Gasteiger partial charge is 0.161 e. The van der Waals surface area contributed by atoms with E-state index in [-0.39, 0.29) is 0 Å². The molecule has 0 spiro atoms. The van der Waals surface area contributed by atoms with Gasteiger partial charge in [0.1, 0.15) is 11.9 Å². The van der Waals surface area contributed by atoms with Crippen LogP contribution in [0.5, 0.6) is 17.2 Å². The second kappa shape index (κ2) is 6.83. The number of para-hydroxylation sites is 1. The van der Waals surface area contributed by atoms with Gasteiger partial charge in [0, 0.05) is 15.6 Å². The van der Waals surface area contributed by atoms with E-state index in [1.54, 1.807) is 33.5 Å². The number of aliphatic hydroxyl groups is 1. The Hall–Kier alpha value is -1.72. The normalized spacial score (nSPS) is 11.9. The van der Waals surface area contributed by atoms with Crippen molar-refractivity contribution >= 4 is 15.9 Å². The lowest BCUT2D eigenvalue weighted by Gasteiger charge is -2.18. The van der Waals surface area contributed by atoms with E-state index in [4.69, 9.17) is 14.2 Å². The molecule has 2 rings (SSSR count). The summed E-state index contributed by atoms with van der Waals surface area (Å²) in [5, 5.41) is 10.7. The molecule has 112 valence electrons. The summed E-state index contributed by atoms with van der Waals surface area (Å²) < 4.78 is 16.6. The molecule has 0 fully saturated rings. The van der Waals surface area contributed by atoms with Crippen molar-refractivity contribution in [2.75, 3.05) is 21.3 Å². The lowest BCUT2D eigenvalue weighted by molar-refractivity contribution is 0.213. The minimum absolute atomic E-state index is 0.560. The van der Waals surface area contributed by atoms with Crippen LogP contribution in [0.15, 0.2) is 40.9 Å². The van der Waals surface area contributed by atoms with E-state index in [0.29, 0.717) is 28.4 Å². The summed E-state index contributed by atoms with van der Waals surface area (Å²) in [4.78, 5) is 0. The first-order valence-corrected chi connectivity index (χ1v) is 7.14. The number of halogens is 1. The van der Waals surface area contributed by atoms with Crippen molar-refractivity contribution < 1.29 is 19.3 Å². The molecule has 2 aromatic carbocycles. The molecular weight excluding hydrogens is 336 g/mol. The predicted molar refractivity (Wildman–Crippen MR) is 84.3 cm³/mol. The van der Waals surface area contributed by atoms with Crippen molar-refractivity contribution in [3.05, 3.63) is 52.0 Å². The summed E-state index contributed by atoms with van der Waals surface area (Å²) in [6.07, 6.45) is -0.838. The van der Waals surface area contributed by atoms with Crippen LogP contribution in [0.3, 0.4) is 0 Å². The molecule has 1 unspecified atom stereocenters. The highest BCUT2D eigenvalue weighted by molar-refractivity contribution is 9.10. The van der Waals surface area contributed by atoms with E-state index < -0.39 is 6.10 Å². The van der Waals surface area contributed by atoms with Gasteiger partial charge in [0.15, 0.2) is 11.5 Å². The highest BCUT2D eigenvalue weighted by Crippen LogP contribution is 2.39. The van der Waals surface area contributed by atoms with E-state index in [2.05, 4.69) is 15.9 Å². The van der Waals surface area contributed by atoms with Crippen LogP contribution in [0.25, 0.3) is 0 Å². The predicted octanol–water partition coefficient (Wildman–Crippen LogP) is 3.56. The van der Waals surface area contributed by atoms with Crippen molar-refractivity contribution in [1.29, 1.82) is 0 Å². The summed E-state index contributed by atoms with van der Waals surface area (Å²) in [7, 11) is 4.71. The fourth-order valence-electron chi connectivity index (χ4n) is 2.14. The van der Waals surface area contributed by atoms with E-state index in [1.165, 1.54) is 0 Å². The second-order valence-corrected chi connectivity index (χ2v) is 5.23. The topological polar surface area (TPSA) is 47.9 Å². The standard InChI is InChI=1S/C16H17BrO4/c1-19-13-7-5-4-6-10(13)16(18)11-8-14(20-2)15(21-3)9-12(11)17/h4-9,16,18H,1-3H3. The average molecular weight is 353 g/mol. The largest absolute Gasteiger partial charge is 0.496 e. The van der Waals surface area contributed by atoms with Gasteiger partial charge in [0.05, 0.1) is 21.3 Å². The SMILES string of the molecule is COc1cc(Br)c(C(O)c2ccccc2OC)cc1OC. The van der Waals surface area contributed by atoms with E-state index in [1.807, 2.05) is 24.3 Å². The van der Waals surface area contributed by atoms with Gasteiger partial charge in [-0.1, -0.05) is 34.1 Å². The van der Waals surface area contributed by atoms with Crippen LogP contribution >= 0.6 is 15.9 Å². The number of aliphatic hydroxyl groups excluding tert-OH is 1. The number of rotatable bonds is 5. The third-order valence-corrected chi connectivity index (χ3v) is 3.92. The molecular formula is C16H17BrO4. The first-order valence-electron chi connectivity index (χ1n) is 6.34. The molecule has 0 heterocycles. The highest BCUT2D eigenvalue weighted by Gasteiger charge is 2.20. The van der Waals surface area contributed by atoms with Crippen LogP contribution in [0.1, 0.15) is 17.2 Å². The van der Waals surface area contributed by atoms with Gasteiger partial charge in [-0.15, -0.1) is 0 Å². The minimum Gasteiger partial charge on any atom is -0.496 e. The number of ether oxygens (including phenoxy) is 3. The maximum atomic E-state index is 10.7. The van der Waals surface area contributed by atoms with E-state index in [0.717, 1.165) is 4.47 Å². The third-order valence-electron chi connectivity index (χ3n) is 3.23. The molecule has 1 N–H and O–H groups in total. The Labute approximate surface area is 132 Å². The Morgan fingerprint density at radius 3 is 2.05 bits per heavy atom. The van der Waals surface area contributed by atoms with Crippen LogP contribution in [-0.2, 0) is 0 Å². The fraction of sp³-hybridized carbons (Fsp3) is 0.250. The number of hydrogen-bond donors (Lipinski definition) is 1. The maximum Gasteiger partial charge on any atom is 0.161 e. The first kappa shape index (κ1) is 15.7. The van der Waals surface area contributed by atoms with Gasteiger partial charge >= 0.3 is 0 Å². The lowest BCUT2D eigenvalue weighted by atomic mass is 10.00. The second-order valence-electron chi connectivity index (χ2n) is 4.37. The van der Waals surface area contributed by atoms with Gasteiger partial charge in [-0.3, -0.25) is 0 Å². The number of methoxy groups -OCH3 is 3. The van der Waals surface area contributed by atoms with Gasteiger partial charge < -0.3 is 19.3 Å². The lowest BCUT2D eigenvalue weighted by Crippen LogP contribution is -2.04. The molecule has 0 aliphatic rings. The molecule has 0 saturated heterocycles. The van der Waals surface area contributed by atoms with E-state index >= 15 is 0 Å². The summed E-state index contributed by atoms with van der Waals surface area (Å²) in [5.41, 5.74) is 1.37. The Bertz CT molecular complexity index is 628. The molecule has 0 aliphatic heterocycles. The number of benzene rings is 2. The van der Waals surface area contributed by atoms with Crippen molar-refractivity contribution in [3.8, 4) is 17.2 Å². The Morgan fingerprint density at radius 2 is 1.43 bits per heavy atom. The van der Waals surface area contributed by atoms with Crippen LogP contribution in [0.4, 0.5) is 0 Å². The molecule has 5 heteroatoms. The molecule has 0 bridgehead atoms. The van der Waals surface area contributed by atoms with Gasteiger partial charge in [0.2, 0.25) is 0 Å². The van der Waals surface area contributed by atoms with Gasteiger partial charge in [-0.05, 0) is 18.2 Å². The summed E-state index contributed by atoms with van der Waals surface area (Å²) in [5.74, 6) is 1.79. The van der Waals surface area contributed by atoms with Gasteiger partial charge in [0.25, 0.3) is 0 Å². The maximum absolute atomic E-state index is 10.7. The van der Waals surface area contributed by atoms with Crippen LogP contribution < -0.4 is 14.2 Å². The summed E-state index contributed by atoms with van der Waals surface area (Å²) >= 11 is 3.46. The van der Waals surface area contributed by atoms with Crippen LogP contribution in [-0.4, -0.2) is 26.4 Å². The third kappa shape index (κ3) is 3.14. The van der Waals surface area contributed by atoms with E-state index in [9.17, 15) is 5.11 Å². The molecule has 0 aromatic heterocycles. The molecule has 21 heavy (non-hydrogen) atoms. The highest BCUT2D eigenvalue weighted by atomic mass is 79.9. The zero-order chi connectivity index (χ0) is 15.4. The molecule has 2 aromatic rings. The Kier molecular flexibility index (Phi) is 5.09. The van der Waals surface area contributed by atoms with Crippen molar-refractivity contribution in [2.45, 2.75) is 6.10 Å². The fourth-order valence-corrected chi connectivity index (χ4v) is 2.68. The van der Waals surface area contributed by atoms with Gasteiger partial charge in [-0.2, -0.15) is 0 Å². The van der Waals surface area contributed by atoms with Gasteiger partial charge in [-0.25, -0.2) is 0 Å². The zero-order valence-electron chi connectivity index (χ0n) is 12.1. The average Bonchev–Trinajstić information content (AvgIpc) is 2.53. The molecule has 0 saturated carbocycles. The van der Waals surface area contributed by atoms with Crippen LogP contribution in [0.2, 0.25) is 0 Å². The molecule has 0 radical (unpaired) electrons. The summed E-state index contributed by atoms with van der Waals surface area (Å²) in [6.45, 7) is 0. The number of hydrogen-bond acceptors (Lipinski definition) is 4. The van der Waals surface area contributed by atoms with Crippen molar-refractivity contribution in [2.24, 2.45) is 0 Å². The molecule has 0 amide bonds. The molecule has 4 nitrogen and oxygen atoms in total. The minimum atomic E-state index is -0.838. The first-order chi connectivity index (χ1) is 10.1. The Morgan fingerprint density at radius 1 is 0.857 bits per heavy atom. The Balaban J connectivity index is 2.50. The zero-order valence-corrected chi connectivity index (χ0v) is 13.7. The quantitative estimate of drug-likeness (QED) is 0.893. The van der Waals surface area contributed by atoms with Crippen molar-refractivity contribution in [3.63, 3.8) is 0 Å². The monoisotopic (exact) mass is 352 g/mol. The van der Waals surface area contributed by atoms with Crippen LogP contribution in [0, 0.1) is 0 Å². The van der Waals surface area contributed by atoms with Crippen molar-refractivity contribution in [1.82, 2.24) is 0 Å².